The minimum atomic E-state index is -3.38. The van der Waals surface area contributed by atoms with Gasteiger partial charge in [-0.3, -0.25) is 0 Å². The second-order valence-electron chi connectivity index (χ2n) is 4.78. The maximum Gasteiger partial charge on any atom is 0.251 e. The Morgan fingerprint density at radius 3 is 2.47 bits per heavy atom. The Hall–Kier alpha value is 0.0500. The minimum absolute atomic E-state index is 0.0638. The molecule has 0 unspecified atom stereocenters. The van der Waals surface area contributed by atoms with Crippen LogP contribution in [0.5, 0.6) is 0 Å². The van der Waals surface area contributed by atoms with E-state index in [-0.39, 0.29) is 6.04 Å². The third-order valence-electron chi connectivity index (χ3n) is 3.37. The van der Waals surface area contributed by atoms with Crippen LogP contribution in [0.4, 0.5) is 0 Å². The number of sulfonamides is 1. The Labute approximate surface area is 127 Å². The number of nitrogens with one attached hydrogen (secondary N) is 2. The van der Waals surface area contributed by atoms with Crippen LogP contribution in [0.3, 0.4) is 0 Å². The fraction of sp³-hybridized carbons (Fsp3) is 0.667. The largest absolute Gasteiger partial charge is 0.314 e. The Bertz CT molecular complexity index is 508. The highest BCUT2D eigenvalue weighted by Crippen LogP contribution is 2.28. The molecule has 2 N–H and O–H groups in total. The summed E-state index contributed by atoms with van der Waals surface area (Å²) in [6.45, 7) is 3.08. The van der Waals surface area contributed by atoms with Crippen molar-refractivity contribution in [1.29, 1.82) is 0 Å². The van der Waals surface area contributed by atoms with Crippen molar-refractivity contribution in [2.45, 2.75) is 48.9 Å². The first-order chi connectivity index (χ1) is 9.03. The second-order valence-corrected chi connectivity index (χ2v) is 8.46. The lowest BCUT2D eigenvalue weighted by molar-refractivity contribution is 0.333. The van der Waals surface area contributed by atoms with E-state index in [1.807, 2.05) is 0 Å². The molecule has 0 spiro atoms. The highest BCUT2D eigenvalue weighted by molar-refractivity contribution is 9.10. The SMILES string of the molecule is CCNC1CCC(NS(=O)(=O)c2sccc2Br)CC1. The summed E-state index contributed by atoms with van der Waals surface area (Å²) in [6, 6.07) is 2.37. The average molecular weight is 367 g/mol. The molecular weight excluding hydrogens is 348 g/mol. The summed E-state index contributed by atoms with van der Waals surface area (Å²) >= 11 is 4.52. The molecule has 0 aromatic carbocycles. The summed E-state index contributed by atoms with van der Waals surface area (Å²) < 4.78 is 28.3. The van der Waals surface area contributed by atoms with E-state index in [0.29, 0.717) is 14.7 Å². The molecule has 1 aromatic rings. The van der Waals surface area contributed by atoms with Gasteiger partial charge in [-0.05, 0) is 59.6 Å². The Kier molecular flexibility index (Phi) is 5.42. The minimum Gasteiger partial charge on any atom is -0.314 e. The van der Waals surface area contributed by atoms with Crippen LogP contribution in [0.25, 0.3) is 0 Å². The molecule has 19 heavy (non-hydrogen) atoms. The molecule has 108 valence electrons. The highest BCUT2D eigenvalue weighted by atomic mass is 79.9. The van der Waals surface area contributed by atoms with Crippen molar-refractivity contribution in [3.05, 3.63) is 15.9 Å². The Morgan fingerprint density at radius 1 is 1.32 bits per heavy atom. The monoisotopic (exact) mass is 366 g/mol. The third-order valence-corrected chi connectivity index (χ3v) is 7.56. The molecule has 2 rings (SSSR count). The van der Waals surface area contributed by atoms with E-state index in [1.54, 1.807) is 11.4 Å². The predicted molar refractivity (Wildman–Crippen MR) is 82.1 cm³/mol. The van der Waals surface area contributed by atoms with E-state index in [2.05, 4.69) is 32.9 Å². The molecule has 0 bridgehead atoms. The zero-order valence-electron chi connectivity index (χ0n) is 10.9. The molecule has 0 radical (unpaired) electrons. The molecule has 1 aliphatic carbocycles. The van der Waals surface area contributed by atoms with E-state index in [1.165, 1.54) is 11.3 Å². The zero-order chi connectivity index (χ0) is 13.9. The molecule has 7 heteroatoms. The van der Waals surface area contributed by atoms with E-state index in [0.717, 1.165) is 32.2 Å². The number of halogens is 1. The van der Waals surface area contributed by atoms with Crippen LogP contribution in [-0.2, 0) is 10.0 Å². The van der Waals surface area contributed by atoms with E-state index in [4.69, 9.17) is 0 Å². The first-order valence-corrected chi connectivity index (χ1v) is 9.67. The smallest absolute Gasteiger partial charge is 0.251 e. The standard InChI is InChI=1S/C12H19BrN2O2S2/c1-2-14-9-3-5-10(6-4-9)15-19(16,17)12-11(13)7-8-18-12/h7-10,14-15H,2-6H2,1H3. The number of hydrogen-bond acceptors (Lipinski definition) is 4. The van der Waals surface area contributed by atoms with E-state index >= 15 is 0 Å². The predicted octanol–water partition coefficient (Wildman–Crippen LogP) is 2.71. The van der Waals surface area contributed by atoms with Crippen LogP contribution >= 0.6 is 27.3 Å². The molecule has 0 saturated heterocycles. The van der Waals surface area contributed by atoms with Gasteiger partial charge >= 0.3 is 0 Å². The molecule has 1 saturated carbocycles. The molecule has 1 aromatic heterocycles. The van der Waals surface area contributed by atoms with Gasteiger partial charge in [0.2, 0.25) is 0 Å². The fourth-order valence-electron chi connectivity index (χ4n) is 2.45. The van der Waals surface area contributed by atoms with Crippen molar-refractivity contribution in [3.8, 4) is 0 Å². The molecule has 0 aliphatic heterocycles. The van der Waals surface area contributed by atoms with Crippen LogP contribution in [0.2, 0.25) is 0 Å². The lowest BCUT2D eigenvalue weighted by Gasteiger charge is -2.29. The third kappa shape index (κ3) is 4.01. The number of hydrogen-bond donors (Lipinski definition) is 2. The van der Waals surface area contributed by atoms with Gasteiger partial charge in [-0.2, -0.15) is 0 Å². The average Bonchev–Trinajstić information content (AvgIpc) is 2.79. The molecular formula is C12H19BrN2O2S2. The van der Waals surface area contributed by atoms with Gasteiger partial charge in [-0.25, -0.2) is 13.1 Å². The van der Waals surface area contributed by atoms with Gasteiger partial charge in [0.15, 0.2) is 0 Å². The maximum absolute atomic E-state index is 12.2. The molecule has 4 nitrogen and oxygen atoms in total. The summed E-state index contributed by atoms with van der Waals surface area (Å²) in [6.07, 6.45) is 3.87. The van der Waals surface area contributed by atoms with Crippen LogP contribution in [0.1, 0.15) is 32.6 Å². The summed E-state index contributed by atoms with van der Waals surface area (Å²) in [5.74, 6) is 0. The van der Waals surface area contributed by atoms with E-state index in [9.17, 15) is 8.42 Å². The van der Waals surface area contributed by atoms with Gasteiger partial charge in [0.05, 0.1) is 0 Å². The Balaban J connectivity index is 1.94. The van der Waals surface area contributed by atoms with Crippen LogP contribution in [0, 0.1) is 0 Å². The van der Waals surface area contributed by atoms with Gasteiger partial charge in [0, 0.05) is 16.6 Å². The van der Waals surface area contributed by atoms with Gasteiger partial charge in [0.25, 0.3) is 10.0 Å². The first kappa shape index (κ1) is 15.4. The number of thiophene rings is 1. The summed E-state index contributed by atoms with van der Waals surface area (Å²) in [5.41, 5.74) is 0. The Morgan fingerprint density at radius 2 is 1.95 bits per heavy atom. The van der Waals surface area contributed by atoms with Crippen molar-refractivity contribution in [2.75, 3.05) is 6.54 Å². The lowest BCUT2D eigenvalue weighted by atomic mass is 9.92. The zero-order valence-corrected chi connectivity index (χ0v) is 14.1. The quantitative estimate of drug-likeness (QED) is 0.841. The summed E-state index contributed by atoms with van der Waals surface area (Å²) in [7, 11) is -3.38. The maximum atomic E-state index is 12.2. The van der Waals surface area contributed by atoms with Crippen LogP contribution in [0.15, 0.2) is 20.1 Å². The van der Waals surface area contributed by atoms with Gasteiger partial charge < -0.3 is 5.32 Å². The van der Waals surface area contributed by atoms with Gasteiger partial charge in [0.1, 0.15) is 4.21 Å². The van der Waals surface area contributed by atoms with Crippen molar-refractivity contribution >= 4 is 37.3 Å². The van der Waals surface area contributed by atoms with Gasteiger partial charge in [-0.1, -0.05) is 6.92 Å². The lowest BCUT2D eigenvalue weighted by Crippen LogP contribution is -2.41. The molecule has 1 aliphatic rings. The molecule has 0 atom stereocenters. The normalized spacial score (nSPS) is 24.5. The second kappa shape index (κ2) is 6.67. The van der Waals surface area contributed by atoms with Crippen molar-refractivity contribution in [2.24, 2.45) is 0 Å². The molecule has 1 fully saturated rings. The van der Waals surface area contributed by atoms with Crippen molar-refractivity contribution < 1.29 is 8.42 Å². The summed E-state index contributed by atoms with van der Waals surface area (Å²) in [4.78, 5) is 0. The van der Waals surface area contributed by atoms with Gasteiger partial charge in [-0.15, -0.1) is 11.3 Å². The van der Waals surface area contributed by atoms with Crippen LogP contribution in [-0.4, -0.2) is 27.0 Å². The first-order valence-electron chi connectivity index (χ1n) is 6.51. The highest BCUT2D eigenvalue weighted by Gasteiger charge is 2.27. The topological polar surface area (TPSA) is 58.2 Å². The number of rotatable bonds is 5. The van der Waals surface area contributed by atoms with Crippen molar-refractivity contribution in [3.63, 3.8) is 0 Å². The van der Waals surface area contributed by atoms with E-state index < -0.39 is 10.0 Å². The summed E-state index contributed by atoms with van der Waals surface area (Å²) in [5, 5.41) is 5.20. The fourth-order valence-corrected chi connectivity index (χ4v) is 6.11. The molecule has 0 amide bonds. The molecule has 1 heterocycles. The van der Waals surface area contributed by atoms with Crippen molar-refractivity contribution in [1.82, 2.24) is 10.0 Å². The van der Waals surface area contributed by atoms with Crippen LogP contribution < -0.4 is 10.0 Å².